The fourth-order valence-electron chi connectivity index (χ4n) is 7.48. The molecule has 0 unspecified atom stereocenters. The lowest BCUT2D eigenvalue weighted by molar-refractivity contribution is -0.159. The number of fused-ring (bicyclic) bond motifs is 2. The number of amides is 2. The van der Waals surface area contributed by atoms with Crippen LogP contribution in [-0.4, -0.2) is 71.6 Å². The van der Waals surface area contributed by atoms with E-state index in [1.165, 1.54) is 4.90 Å². The molecule has 2 saturated carbocycles. The number of hydrogen-bond acceptors (Lipinski definition) is 9. The molecule has 3 aliphatic heterocycles. The van der Waals surface area contributed by atoms with E-state index < -0.39 is 55.7 Å². The lowest BCUT2D eigenvalue weighted by Gasteiger charge is -2.29. The number of Topliss-reactive ketones (excluding diaryl/α,β-unsaturated/α-hetero) is 1. The Kier molecular flexibility index (Phi) is 9.78. The summed E-state index contributed by atoms with van der Waals surface area (Å²) in [6.07, 6.45) is 8.97. The van der Waals surface area contributed by atoms with Crippen molar-refractivity contribution in [1.29, 1.82) is 0 Å². The number of rotatable bonds is 6. The minimum atomic E-state index is -3.83. The number of esters is 1. The first-order chi connectivity index (χ1) is 23.1. The van der Waals surface area contributed by atoms with Crippen LogP contribution in [0.3, 0.4) is 0 Å². The number of hydrogen-bond donors (Lipinski definition) is 1. The third-order valence-electron chi connectivity index (χ3n) is 10.3. The van der Waals surface area contributed by atoms with E-state index in [9.17, 15) is 27.6 Å². The van der Waals surface area contributed by atoms with Crippen LogP contribution in [0.2, 0.25) is 5.02 Å². The van der Waals surface area contributed by atoms with Gasteiger partial charge in [0.1, 0.15) is 5.60 Å². The van der Waals surface area contributed by atoms with Gasteiger partial charge in [0.15, 0.2) is 11.4 Å². The van der Waals surface area contributed by atoms with Gasteiger partial charge in [0.2, 0.25) is 21.8 Å². The lowest BCUT2D eigenvalue weighted by atomic mass is 9.87. The van der Waals surface area contributed by atoms with E-state index in [-0.39, 0.29) is 43.4 Å². The number of sulfonamides is 1. The van der Waals surface area contributed by atoms with Crippen molar-refractivity contribution < 1.29 is 37.2 Å². The normalized spacial score (nSPS) is 31.5. The number of carbonyl (C=O) groups excluding carboxylic acids is 4. The molecule has 1 aromatic carbocycles. The van der Waals surface area contributed by atoms with Crippen molar-refractivity contribution >= 4 is 50.9 Å². The Morgan fingerprint density at radius 3 is 2.59 bits per heavy atom. The number of nitrogens with zero attached hydrogens (tertiary/aromatic N) is 2. The quantitative estimate of drug-likeness (QED) is 0.310. The number of nitrogens with one attached hydrogen (secondary N) is 1. The summed E-state index contributed by atoms with van der Waals surface area (Å²) in [6.45, 7) is 5.39. The van der Waals surface area contributed by atoms with Gasteiger partial charge in [0.05, 0.1) is 35.4 Å². The summed E-state index contributed by atoms with van der Waals surface area (Å²) in [7, 11) is -3.83. The highest BCUT2D eigenvalue weighted by Gasteiger charge is 2.63. The first kappa shape index (κ1) is 35.6. The molecular weight excluding hydrogens is 670 g/mol. The Labute approximate surface area is 293 Å². The number of benzene rings is 1. The second kappa shape index (κ2) is 13.5. The van der Waals surface area contributed by atoms with Crippen LogP contribution in [0.15, 0.2) is 41.6 Å². The van der Waals surface area contributed by atoms with Crippen molar-refractivity contribution in [2.45, 2.75) is 120 Å². The minimum absolute atomic E-state index is 0.0687. The third kappa shape index (κ3) is 8.06. The van der Waals surface area contributed by atoms with Gasteiger partial charge >= 0.3 is 5.97 Å². The van der Waals surface area contributed by atoms with Crippen LogP contribution in [-0.2, 0) is 38.8 Å². The lowest BCUT2D eigenvalue weighted by Crippen LogP contribution is -2.47. The molecule has 0 bridgehead atoms. The summed E-state index contributed by atoms with van der Waals surface area (Å²) in [5, 5.41) is 4.32. The largest absolute Gasteiger partial charge is 0.460 e. The zero-order chi connectivity index (χ0) is 35.2. The molecule has 5 atom stereocenters. The van der Waals surface area contributed by atoms with Gasteiger partial charge in [-0.3, -0.25) is 23.9 Å². The molecule has 49 heavy (non-hydrogen) atoms. The Morgan fingerprint density at radius 1 is 1.10 bits per heavy atom. The SMILES string of the molecule is CC(C)(C)OC(=O)C[C@H]1CCCCC/C=C\[C@H]2C[C@@]2(C(=O)NS(=O)(=O)C2CC2)CC(=O)[C@@H]2C[C@]3(CC(c4cccc(Cl)c4)=NO3)CN2C1=O. The van der Waals surface area contributed by atoms with Crippen LogP contribution >= 0.6 is 11.6 Å². The monoisotopic (exact) mass is 715 g/mol. The molecule has 11 nitrogen and oxygen atoms in total. The topological polar surface area (TPSA) is 149 Å². The van der Waals surface area contributed by atoms with E-state index in [1.54, 1.807) is 32.9 Å². The standard InChI is InChI=1S/C36H46ClN3O8S/c1-34(2,3)47-31(42)17-24-10-7-5-4-6-8-12-25-18-36(25,33(44)39-49(45,46)27-14-15-27)21-30(41)29-20-35(22-40(29)32(24)43)19-28(38-48-35)23-11-9-13-26(37)16-23/h8-9,11-13,16,24-25,27,29H,4-7,10,14-15,17-22H2,1-3H3,(H,39,44)/b12-8-/t24-,25+,29+,35-,36-/m1/s1. The summed E-state index contributed by atoms with van der Waals surface area (Å²) >= 11 is 6.25. The summed E-state index contributed by atoms with van der Waals surface area (Å²) in [4.78, 5) is 63.3. The Balaban J connectivity index is 1.30. The number of ketones is 1. The zero-order valence-electron chi connectivity index (χ0n) is 28.4. The summed E-state index contributed by atoms with van der Waals surface area (Å²) in [5.74, 6) is -2.84. The number of ether oxygens (including phenoxy) is 1. The Hall–Kier alpha value is -3.25. The van der Waals surface area contributed by atoms with E-state index >= 15 is 0 Å². The molecule has 0 radical (unpaired) electrons. The van der Waals surface area contributed by atoms with Crippen LogP contribution in [0.25, 0.3) is 0 Å². The van der Waals surface area contributed by atoms with E-state index in [1.807, 2.05) is 24.3 Å². The smallest absolute Gasteiger partial charge is 0.307 e. The average Bonchev–Trinajstić information content (AvgIpc) is 3.92. The van der Waals surface area contributed by atoms with Gasteiger partial charge in [-0.1, -0.05) is 53.9 Å². The molecule has 3 fully saturated rings. The highest BCUT2D eigenvalue weighted by Crippen LogP contribution is 2.57. The molecule has 1 N–H and O–H groups in total. The Morgan fingerprint density at radius 2 is 1.88 bits per heavy atom. The van der Waals surface area contributed by atoms with Crippen molar-refractivity contribution in [3.05, 3.63) is 47.0 Å². The van der Waals surface area contributed by atoms with Crippen LogP contribution in [0.5, 0.6) is 0 Å². The third-order valence-corrected chi connectivity index (χ3v) is 12.4. The molecule has 1 aromatic rings. The van der Waals surface area contributed by atoms with Crippen LogP contribution in [0.1, 0.15) is 103 Å². The molecular formula is C36H46ClN3O8S. The van der Waals surface area contributed by atoms with Crippen molar-refractivity contribution in [2.75, 3.05) is 6.54 Å². The number of halogens is 1. The fraction of sp³-hybridized carbons (Fsp3) is 0.639. The molecule has 3 heterocycles. The second-order valence-corrected chi connectivity index (χ2v) is 17.9. The summed E-state index contributed by atoms with van der Waals surface area (Å²) in [6, 6.07) is 6.26. The van der Waals surface area contributed by atoms with E-state index in [0.717, 1.165) is 24.8 Å². The second-order valence-electron chi connectivity index (χ2n) is 15.5. The van der Waals surface area contributed by atoms with Gasteiger partial charge < -0.3 is 14.5 Å². The van der Waals surface area contributed by atoms with Crippen molar-refractivity contribution in [3.63, 3.8) is 0 Å². The van der Waals surface area contributed by atoms with Crippen molar-refractivity contribution in [3.8, 4) is 0 Å². The maximum atomic E-state index is 14.5. The van der Waals surface area contributed by atoms with Crippen molar-refractivity contribution in [2.24, 2.45) is 22.4 Å². The van der Waals surface area contributed by atoms with Crippen molar-refractivity contribution in [1.82, 2.24) is 9.62 Å². The highest BCUT2D eigenvalue weighted by atomic mass is 35.5. The zero-order valence-corrected chi connectivity index (χ0v) is 30.0. The average molecular weight is 716 g/mol. The summed E-state index contributed by atoms with van der Waals surface area (Å²) in [5.41, 5.74) is -1.53. The van der Waals surface area contributed by atoms with Crippen LogP contribution in [0, 0.1) is 17.3 Å². The van der Waals surface area contributed by atoms with Gasteiger partial charge in [-0.25, -0.2) is 8.42 Å². The molecule has 2 aliphatic carbocycles. The first-order valence-corrected chi connectivity index (χ1v) is 19.3. The maximum Gasteiger partial charge on any atom is 0.307 e. The van der Waals surface area contributed by atoms with E-state index in [2.05, 4.69) is 9.88 Å². The predicted molar refractivity (Wildman–Crippen MR) is 183 cm³/mol. The predicted octanol–water partition coefficient (Wildman–Crippen LogP) is 5.25. The molecule has 1 saturated heterocycles. The summed E-state index contributed by atoms with van der Waals surface area (Å²) < 4.78 is 33.5. The number of allylic oxidation sites excluding steroid dienone is 2. The van der Waals surface area contributed by atoms with Gasteiger partial charge in [0, 0.05) is 35.8 Å². The number of carbonyl (C=O) groups is 4. The van der Waals surface area contributed by atoms with E-state index in [0.29, 0.717) is 49.3 Å². The minimum Gasteiger partial charge on any atom is -0.460 e. The van der Waals surface area contributed by atoms with Gasteiger partial charge in [-0.2, -0.15) is 0 Å². The highest BCUT2D eigenvalue weighted by molar-refractivity contribution is 7.90. The fourth-order valence-corrected chi connectivity index (χ4v) is 9.05. The molecule has 2 amide bonds. The van der Waals surface area contributed by atoms with E-state index in [4.69, 9.17) is 21.2 Å². The van der Waals surface area contributed by atoms with Crippen LogP contribution < -0.4 is 4.72 Å². The van der Waals surface area contributed by atoms with Crippen LogP contribution in [0.4, 0.5) is 0 Å². The van der Waals surface area contributed by atoms with Gasteiger partial charge in [-0.05, 0) is 77.3 Å². The molecule has 13 heteroatoms. The molecule has 266 valence electrons. The van der Waals surface area contributed by atoms with Gasteiger partial charge in [0.25, 0.3) is 0 Å². The Bertz CT molecular complexity index is 1680. The first-order valence-electron chi connectivity index (χ1n) is 17.4. The molecule has 6 rings (SSSR count). The van der Waals surface area contributed by atoms with Gasteiger partial charge in [-0.15, -0.1) is 0 Å². The molecule has 1 spiro atoms. The molecule has 0 aromatic heterocycles. The maximum absolute atomic E-state index is 14.5. The molecule has 5 aliphatic rings. The number of oxime groups is 1.